The van der Waals surface area contributed by atoms with Crippen LogP contribution in [0.25, 0.3) is 11.3 Å². The molecule has 0 saturated carbocycles. The Labute approximate surface area is 142 Å². The Morgan fingerprint density at radius 2 is 1.83 bits per heavy atom. The average Bonchev–Trinajstić information content (AvgIpc) is 2.55. The average molecular weight is 345 g/mol. The highest BCUT2D eigenvalue weighted by Crippen LogP contribution is 2.32. The molecule has 0 atom stereocenters. The second kappa shape index (κ2) is 6.94. The van der Waals surface area contributed by atoms with E-state index in [1.165, 1.54) is 17.8 Å². The fraction of sp³-hybridized carbons (Fsp3) is 0.0556. The first-order valence-corrected chi connectivity index (χ1v) is 8.29. The molecule has 0 aliphatic carbocycles. The third-order valence-corrected chi connectivity index (χ3v) is 4.60. The molecule has 1 aromatic heterocycles. The molecular formula is C18H13ClO3S. The van der Waals surface area contributed by atoms with Crippen LogP contribution in [0, 0.1) is 0 Å². The van der Waals surface area contributed by atoms with Crippen LogP contribution in [0.3, 0.4) is 0 Å². The number of benzene rings is 2. The summed E-state index contributed by atoms with van der Waals surface area (Å²) in [7, 11) is 0. The largest absolute Gasteiger partial charge is 0.506 e. The van der Waals surface area contributed by atoms with Gasteiger partial charge in [0.05, 0.1) is 0 Å². The predicted molar refractivity (Wildman–Crippen MR) is 93.1 cm³/mol. The Hall–Kier alpha value is -2.17. The van der Waals surface area contributed by atoms with E-state index in [4.69, 9.17) is 16.0 Å². The van der Waals surface area contributed by atoms with Crippen molar-refractivity contribution in [1.29, 1.82) is 0 Å². The lowest BCUT2D eigenvalue weighted by molar-refractivity contribution is 0.430. The number of hydrogen-bond acceptors (Lipinski definition) is 4. The molecule has 0 aliphatic rings. The van der Waals surface area contributed by atoms with Crippen molar-refractivity contribution >= 4 is 23.4 Å². The van der Waals surface area contributed by atoms with Crippen LogP contribution in [-0.2, 0) is 5.75 Å². The number of hydrogen-bond donors (Lipinski definition) is 1. The fourth-order valence-electron chi connectivity index (χ4n) is 2.12. The molecule has 0 aliphatic heterocycles. The minimum Gasteiger partial charge on any atom is -0.506 e. The summed E-state index contributed by atoms with van der Waals surface area (Å²) in [5.74, 6) is 0.784. The van der Waals surface area contributed by atoms with Gasteiger partial charge < -0.3 is 9.52 Å². The number of aromatic hydroxyl groups is 1. The van der Waals surface area contributed by atoms with Gasteiger partial charge in [-0.3, -0.25) is 0 Å². The van der Waals surface area contributed by atoms with Crippen molar-refractivity contribution in [2.75, 3.05) is 0 Å². The van der Waals surface area contributed by atoms with Crippen molar-refractivity contribution in [1.82, 2.24) is 0 Å². The molecule has 0 amide bonds. The SMILES string of the molecule is O=c1oc(-c2cccc(Cl)c2)cc(O)c1SCc1ccccc1. The molecule has 0 unspecified atom stereocenters. The minimum atomic E-state index is -0.555. The predicted octanol–water partition coefficient (Wildman–Crippen LogP) is 4.96. The lowest BCUT2D eigenvalue weighted by Gasteiger charge is -2.06. The Bertz CT molecular complexity index is 875. The van der Waals surface area contributed by atoms with Crippen molar-refractivity contribution in [2.24, 2.45) is 0 Å². The lowest BCUT2D eigenvalue weighted by Crippen LogP contribution is -2.03. The molecule has 1 N–H and O–H groups in total. The molecule has 0 saturated heterocycles. The first-order valence-electron chi connectivity index (χ1n) is 6.93. The van der Waals surface area contributed by atoms with E-state index < -0.39 is 5.63 Å². The highest BCUT2D eigenvalue weighted by atomic mass is 35.5. The summed E-state index contributed by atoms with van der Waals surface area (Å²) >= 11 is 7.19. The van der Waals surface area contributed by atoms with Gasteiger partial charge in [0, 0.05) is 22.4 Å². The topological polar surface area (TPSA) is 50.4 Å². The standard InChI is InChI=1S/C18H13ClO3S/c19-14-8-4-7-13(9-14)16-10-15(20)17(18(21)22-16)23-11-12-5-2-1-3-6-12/h1-10,20H,11H2. The van der Waals surface area contributed by atoms with E-state index in [0.717, 1.165) is 5.56 Å². The maximum Gasteiger partial charge on any atom is 0.353 e. The quantitative estimate of drug-likeness (QED) is 0.680. The Balaban J connectivity index is 1.87. The van der Waals surface area contributed by atoms with E-state index in [2.05, 4.69) is 0 Å². The van der Waals surface area contributed by atoms with Crippen LogP contribution in [0.5, 0.6) is 5.75 Å². The van der Waals surface area contributed by atoms with E-state index in [1.807, 2.05) is 30.3 Å². The third kappa shape index (κ3) is 3.78. The molecule has 3 nitrogen and oxygen atoms in total. The van der Waals surface area contributed by atoms with Gasteiger partial charge in [0.25, 0.3) is 0 Å². The van der Waals surface area contributed by atoms with E-state index in [-0.39, 0.29) is 10.6 Å². The molecule has 0 bridgehead atoms. The molecule has 116 valence electrons. The summed E-state index contributed by atoms with van der Waals surface area (Å²) in [6.45, 7) is 0. The Morgan fingerprint density at radius 1 is 1.04 bits per heavy atom. The molecule has 3 rings (SSSR count). The maximum absolute atomic E-state index is 12.2. The van der Waals surface area contributed by atoms with Gasteiger partial charge in [0.2, 0.25) is 0 Å². The smallest absolute Gasteiger partial charge is 0.353 e. The number of rotatable bonds is 4. The number of halogens is 1. The molecule has 2 aromatic carbocycles. The lowest BCUT2D eigenvalue weighted by atomic mass is 10.1. The van der Waals surface area contributed by atoms with E-state index in [0.29, 0.717) is 22.1 Å². The van der Waals surface area contributed by atoms with Gasteiger partial charge in [-0.15, -0.1) is 11.8 Å². The Morgan fingerprint density at radius 3 is 2.52 bits per heavy atom. The van der Waals surface area contributed by atoms with E-state index in [9.17, 15) is 9.90 Å². The van der Waals surface area contributed by atoms with Crippen molar-refractivity contribution in [2.45, 2.75) is 10.6 Å². The van der Waals surface area contributed by atoms with Crippen LogP contribution in [-0.4, -0.2) is 5.11 Å². The molecule has 1 heterocycles. The maximum atomic E-state index is 12.2. The molecule has 0 spiro atoms. The first kappa shape index (κ1) is 15.7. The van der Waals surface area contributed by atoms with Gasteiger partial charge in [0.1, 0.15) is 16.4 Å². The fourth-order valence-corrected chi connectivity index (χ4v) is 3.18. The highest BCUT2D eigenvalue weighted by molar-refractivity contribution is 7.98. The van der Waals surface area contributed by atoms with Crippen molar-refractivity contribution in [3.63, 3.8) is 0 Å². The zero-order valence-corrected chi connectivity index (χ0v) is 13.6. The van der Waals surface area contributed by atoms with Crippen LogP contribution in [0.15, 0.2) is 74.8 Å². The van der Waals surface area contributed by atoms with Crippen molar-refractivity contribution < 1.29 is 9.52 Å². The Kier molecular flexibility index (Phi) is 4.74. The third-order valence-electron chi connectivity index (χ3n) is 3.22. The summed E-state index contributed by atoms with van der Waals surface area (Å²) in [6.07, 6.45) is 0. The van der Waals surface area contributed by atoms with Crippen LogP contribution in [0.4, 0.5) is 0 Å². The van der Waals surface area contributed by atoms with Crippen LogP contribution >= 0.6 is 23.4 Å². The van der Waals surface area contributed by atoms with Gasteiger partial charge >= 0.3 is 5.63 Å². The second-order valence-corrected chi connectivity index (χ2v) is 6.32. The summed E-state index contributed by atoms with van der Waals surface area (Å²) in [4.78, 5) is 12.4. The summed E-state index contributed by atoms with van der Waals surface area (Å²) in [5.41, 5.74) is 1.15. The number of thioether (sulfide) groups is 1. The molecule has 23 heavy (non-hydrogen) atoms. The van der Waals surface area contributed by atoms with Gasteiger partial charge in [0.15, 0.2) is 0 Å². The molecule has 3 aromatic rings. The van der Waals surface area contributed by atoms with Crippen LogP contribution in [0.1, 0.15) is 5.56 Å². The summed E-state index contributed by atoms with van der Waals surface area (Å²) in [6, 6.07) is 18.1. The van der Waals surface area contributed by atoms with E-state index in [1.54, 1.807) is 24.3 Å². The monoisotopic (exact) mass is 344 g/mol. The molecular weight excluding hydrogens is 332 g/mol. The zero-order valence-electron chi connectivity index (χ0n) is 12.0. The van der Waals surface area contributed by atoms with E-state index >= 15 is 0 Å². The van der Waals surface area contributed by atoms with Crippen molar-refractivity contribution in [3.05, 3.63) is 81.7 Å². The molecule has 0 radical (unpaired) electrons. The van der Waals surface area contributed by atoms with Gasteiger partial charge in [-0.2, -0.15) is 0 Å². The minimum absolute atomic E-state index is 0.0860. The summed E-state index contributed by atoms with van der Waals surface area (Å²) in [5, 5.41) is 10.7. The first-order chi connectivity index (χ1) is 11.1. The highest BCUT2D eigenvalue weighted by Gasteiger charge is 2.13. The van der Waals surface area contributed by atoms with Crippen molar-refractivity contribution in [3.8, 4) is 17.1 Å². The normalized spacial score (nSPS) is 10.7. The van der Waals surface area contributed by atoms with Gasteiger partial charge in [-0.25, -0.2) is 4.79 Å². The van der Waals surface area contributed by atoms with Crippen LogP contribution in [0.2, 0.25) is 5.02 Å². The second-order valence-electron chi connectivity index (χ2n) is 4.90. The van der Waals surface area contributed by atoms with Gasteiger partial charge in [-0.05, 0) is 17.7 Å². The molecule has 5 heteroatoms. The zero-order chi connectivity index (χ0) is 16.2. The molecule has 0 fully saturated rings. The summed E-state index contributed by atoms with van der Waals surface area (Å²) < 4.78 is 5.32. The van der Waals surface area contributed by atoms with Crippen LogP contribution < -0.4 is 5.63 Å². The van der Waals surface area contributed by atoms with Gasteiger partial charge in [-0.1, -0.05) is 54.1 Å².